The quantitative estimate of drug-likeness (QED) is 0.674. The van der Waals surface area contributed by atoms with Crippen LogP contribution in [0.25, 0.3) is 0 Å². The largest absolute Gasteiger partial charge is 0.337 e. The molecule has 0 N–H and O–H groups in total. The van der Waals surface area contributed by atoms with E-state index in [1.54, 1.807) is 29.2 Å². The number of carbonyl (C=O) groups is 1. The summed E-state index contributed by atoms with van der Waals surface area (Å²) in [5, 5.41) is 0.637. The Bertz CT molecular complexity index is 1100. The highest BCUT2D eigenvalue weighted by Crippen LogP contribution is 2.21. The number of nitrogens with zero attached hydrogens (tertiary/aromatic N) is 4. The number of thioether (sulfide) groups is 1. The first kappa shape index (κ1) is 20.1. The zero-order valence-electron chi connectivity index (χ0n) is 16.1. The van der Waals surface area contributed by atoms with Crippen LogP contribution in [0.5, 0.6) is 0 Å². The highest BCUT2D eigenvalue weighted by atomic mass is 32.2. The summed E-state index contributed by atoms with van der Waals surface area (Å²) in [4.78, 5) is 31.6. The second kappa shape index (κ2) is 7.92. The van der Waals surface area contributed by atoms with Crippen LogP contribution in [0.1, 0.15) is 22.3 Å². The molecule has 0 atom stereocenters. The van der Waals surface area contributed by atoms with Crippen LogP contribution in [0.3, 0.4) is 0 Å². The van der Waals surface area contributed by atoms with Crippen LogP contribution in [-0.2, 0) is 16.6 Å². The third kappa shape index (κ3) is 3.84. The number of rotatable bonds is 3. The number of aryl methyl sites for hydroxylation is 1. The molecule has 2 aliphatic heterocycles. The monoisotopic (exact) mass is 434 g/mol. The van der Waals surface area contributed by atoms with Gasteiger partial charge in [-0.3, -0.25) is 14.2 Å². The van der Waals surface area contributed by atoms with Crippen LogP contribution in [0.4, 0.5) is 0 Å². The molecule has 0 radical (unpaired) electrons. The molecular weight excluding hydrogens is 412 g/mol. The van der Waals surface area contributed by atoms with Crippen molar-refractivity contribution in [2.45, 2.75) is 29.9 Å². The number of aromatic nitrogens is 2. The molecule has 8 nitrogen and oxygen atoms in total. The van der Waals surface area contributed by atoms with E-state index in [0.717, 1.165) is 11.3 Å². The lowest BCUT2D eigenvalue weighted by molar-refractivity contribution is 0.0761. The fourth-order valence-electron chi connectivity index (χ4n) is 3.53. The number of hydrogen-bond donors (Lipinski definition) is 0. The molecule has 0 unspecified atom stereocenters. The lowest BCUT2D eigenvalue weighted by Gasteiger charge is -2.22. The average molecular weight is 435 g/mol. The van der Waals surface area contributed by atoms with Gasteiger partial charge < -0.3 is 4.90 Å². The first-order valence-corrected chi connectivity index (χ1v) is 11.9. The smallest absolute Gasteiger partial charge is 0.267 e. The van der Waals surface area contributed by atoms with Gasteiger partial charge in [-0.1, -0.05) is 29.5 Å². The molecule has 0 aliphatic carbocycles. The Balaban J connectivity index is 1.51. The molecule has 1 aromatic carbocycles. The van der Waals surface area contributed by atoms with Crippen LogP contribution in [0, 0.1) is 6.92 Å². The summed E-state index contributed by atoms with van der Waals surface area (Å²) < 4.78 is 28.8. The van der Waals surface area contributed by atoms with Crippen molar-refractivity contribution in [3.05, 3.63) is 51.9 Å². The van der Waals surface area contributed by atoms with Gasteiger partial charge in [0.25, 0.3) is 11.5 Å². The minimum absolute atomic E-state index is 0.0473. The standard InChI is InChI=1S/C19H22N4O4S2/c1-14-3-5-15(6-4-14)29(26,27)22-8-2-7-21(9-10-22)17(24)16-13-20-19-23(18(16)25)11-12-28-19/h3-6,13H,2,7-12H2,1H3. The van der Waals surface area contributed by atoms with Crippen LogP contribution < -0.4 is 5.56 Å². The van der Waals surface area contributed by atoms with Crippen molar-refractivity contribution in [2.75, 3.05) is 31.9 Å². The minimum Gasteiger partial charge on any atom is -0.337 e. The topological polar surface area (TPSA) is 92.6 Å². The van der Waals surface area contributed by atoms with E-state index < -0.39 is 10.0 Å². The molecule has 10 heteroatoms. The van der Waals surface area contributed by atoms with Crippen LogP contribution in [0.15, 0.2) is 45.3 Å². The van der Waals surface area contributed by atoms with E-state index in [1.807, 2.05) is 6.92 Å². The molecule has 1 aromatic heterocycles. The van der Waals surface area contributed by atoms with E-state index in [2.05, 4.69) is 4.98 Å². The third-order valence-corrected chi connectivity index (χ3v) is 8.07. The Morgan fingerprint density at radius 3 is 2.59 bits per heavy atom. The molecule has 0 bridgehead atoms. The molecule has 2 aliphatic rings. The van der Waals surface area contributed by atoms with Gasteiger partial charge in [0.2, 0.25) is 10.0 Å². The summed E-state index contributed by atoms with van der Waals surface area (Å²) in [6, 6.07) is 6.75. The van der Waals surface area contributed by atoms with E-state index in [0.29, 0.717) is 31.2 Å². The van der Waals surface area contributed by atoms with Gasteiger partial charge in [0.1, 0.15) is 5.56 Å². The number of sulfonamides is 1. The Kier molecular flexibility index (Phi) is 5.50. The molecule has 0 saturated carbocycles. The maximum atomic E-state index is 12.9. The Morgan fingerprint density at radius 2 is 1.83 bits per heavy atom. The number of benzene rings is 1. The van der Waals surface area contributed by atoms with E-state index in [1.165, 1.54) is 26.8 Å². The highest BCUT2D eigenvalue weighted by Gasteiger charge is 2.30. The number of amides is 1. The molecule has 1 fully saturated rings. The van der Waals surface area contributed by atoms with Gasteiger partial charge in [-0.15, -0.1) is 0 Å². The van der Waals surface area contributed by atoms with E-state index in [-0.39, 0.29) is 35.0 Å². The van der Waals surface area contributed by atoms with E-state index in [4.69, 9.17) is 0 Å². The summed E-state index contributed by atoms with van der Waals surface area (Å²) in [7, 11) is -3.62. The van der Waals surface area contributed by atoms with Crippen molar-refractivity contribution in [1.82, 2.24) is 18.8 Å². The van der Waals surface area contributed by atoms with Gasteiger partial charge in [0.15, 0.2) is 5.16 Å². The number of carbonyl (C=O) groups excluding carboxylic acids is 1. The molecular formula is C19H22N4O4S2. The summed E-state index contributed by atoms with van der Waals surface area (Å²) in [5.74, 6) is 0.388. The van der Waals surface area contributed by atoms with Gasteiger partial charge in [-0.25, -0.2) is 13.4 Å². The zero-order chi connectivity index (χ0) is 20.6. The summed E-state index contributed by atoms with van der Waals surface area (Å²) in [6.07, 6.45) is 1.85. The maximum Gasteiger partial charge on any atom is 0.267 e. The zero-order valence-corrected chi connectivity index (χ0v) is 17.7. The van der Waals surface area contributed by atoms with Crippen molar-refractivity contribution < 1.29 is 13.2 Å². The predicted octanol–water partition coefficient (Wildman–Crippen LogP) is 1.19. The molecule has 1 amide bonds. The van der Waals surface area contributed by atoms with Crippen molar-refractivity contribution in [2.24, 2.45) is 0 Å². The Labute approximate surface area is 173 Å². The predicted molar refractivity (Wildman–Crippen MR) is 110 cm³/mol. The fourth-order valence-corrected chi connectivity index (χ4v) is 5.91. The number of hydrogen-bond acceptors (Lipinski definition) is 6. The first-order valence-electron chi connectivity index (χ1n) is 9.46. The number of fused-ring (bicyclic) bond motifs is 1. The molecule has 3 heterocycles. The second-order valence-corrected chi connectivity index (χ2v) is 10.1. The van der Waals surface area contributed by atoms with Crippen LogP contribution >= 0.6 is 11.8 Å². The Hall–Kier alpha value is -2.17. The minimum atomic E-state index is -3.62. The van der Waals surface area contributed by atoms with Gasteiger partial charge >= 0.3 is 0 Å². The SMILES string of the molecule is Cc1ccc(S(=O)(=O)N2CCCN(C(=O)c3cnc4n(c3=O)CCS4)CC2)cc1. The van der Waals surface area contributed by atoms with Crippen molar-refractivity contribution in [3.8, 4) is 0 Å². The average Bonchev–Trinajstić information content (AvgIpc) is 3.04. The molecule has 4 rings (SSSR count). The van der Waals surface area contributed by atoms with Crippen molar-refractivity contribution >= 4 is 27.7 Å². The van der Waals surface area contributed by atoms with Gasteiger partial charge in [0, 0.05) is 44.7 Å². The summed E-state index contributed by atoms with van der Waals surface area (Å²) in [5.41, 5.74) is 0.716. The Morgan fingerprint density at radius 1 is 1.07 bits per heavy atom. The normalized spacial score (nSPS) is 17.8. The van der Waals surface area contributed by atoms with Crippen molar-refractivity contribution in [1.29, 1.82) is 0 Å². The highest BCUT2D eigenvalue weighted by molar-refractivity contribution is 7.99. The maximum absolute atomic E-state index is 12.9. The van der Waals surface area contributed by atoms with Gasteiger partial charge in [-0.05, 0) is 25.5 Å². The lowest BCUT2D eigenvalue weighted by Crippen LogP contribution is -2.40. The third-order valence-electron chi connectivity index (χ3n) is 5.19. The summed E-state index contributed by atoms with van der Waals surface area (Å²) >= 11 is 1.50. The lowest BCUT2D eigenvalue weighted by atomic mass is 10.2. The van der Waals surface area contributed by atoms with Gasteiger partial charge in [-0.2, -0.15) is 4.31 Å². The molecule has 154 valence electrons. The summed E-state index contributed by atoms with van der Waals surface area (Å²) in [6.45, 7) is 3.61. The van der Waals surface area contributed by atoms with Gasteiger partial charge in [0.05, 0.1) is 4.90 Å². The second-order valence-electron chi connectivity index (χ2n) is 7.12. The van der Waals surface area contributed by atoms with E-state index >= 15 is 0 Å². The van der Waals surface area contributed by atoms with Crippen LogP contribution in [-0.4, -0.2) is 65.0 Å². The molecule has 1 saturated heterocycles. The first-order chi connectivity index (χ1) is 13.9. The van der Waals surface area contributed by atoms with E-state index in [9.17, 15) is 18.0 Å². The van der Waals surface area contributed by atoms with Crippen molar-refractivity contribution in [3.63, 3.8) is 0 Å². The van der Waals surface area contributed by atoms with Crippen LogP contribution in [0.2, 0.25) is 0 Å². The molecule has 2 aromatic rings. The molecule has 0 spiro atoms. The molecule has 29 heavy (non-hydrogen) atoms. The fraction of sp³-hybridized carbons (Fsp3) is 0.421.